The van der Waals surface area contributed by atoms with E-state index < -0.39 is 0 Å². The van der Waals surface area contributed by atoms with E-state index >= 15 is 0 Å². The fourth-order valence-corrected chi connectivity index (χ4v) is 3.34. The molecule has 19 heavy (non-hydrogen) atoms. The van der Waals surface area contributed by atoms with Crippen molar-refractivity contribution in [2.24, 2.45) is 0 Å². The Bertz CT molecular complexity index is 509. The molecular formula is C15H18BrNOS. The lowest BCUT2D eigenvalue weighted by Crippen LogP contribution is -2.27. The second kappa shape index (κ2) is 7.08. The molecule has 0 fully saturated rings. The monoisotopic (exact) mass is 339 g/mol. The van der Waals surface area contributed by atoms with Crippen molar-refractivity contribution in [1.29, 1.82) is 0 Å². The quantitative estimate of drug-likeness (QED) is 0.849. The predicted molar refractivity (Wildman–Crippen MR) is 85.0 cm³/mol. The zero-order valence-electron chi connectivity index (χ0n) is 11.2. The number of hydrogen-bond acceptors (Lipinski definition) is 3. The van der Waals surface area contributed by atoms with Gasteiger partial charge in [-0.15, -0.1) is 11.3 Å². The molecule has 0 aliphatic rings. The van der Waals surface area contributed by atoms with Gasteiger partial charge in [-0.1, -0.05) is 12.1 Å². The highest BCUT2D eigenvalue weighted by molar-refractivity contribution is 9.11. The number of rotatable bonds is 6. The van der Waals surface area contributed by atoms with E-state index in [0.717, 1.165) is 18.7 Å². The van der Waals surface area contributed by atoms with Crippen LogP contribution in [0.25, 0.3) is 0 Å². The molecule has 2 nitrogen and oxygen atoms in total. The number of thiophene rings is 1. The first kappa shape index (κ1) is 14.6. The summed E-state index contributed by atoms with van der Waals surface area (Å²) in [6, 6.07) is 13.0. The molecule has 1 N–H and O–H groups in total. The van der Waals surface area contributed by atoms with E-state index in [-0.39, 0.29) is 0 Å². The molecule has 0 aliphatic carbocycles. The van der Waals surface area contributed by atoms with Gasteiger partial charge in [0.1, 0.15) is 5.75 Å². The van der Waals surface area contributed by atoms with Crippen molar-refractivity contribution in [3.8, 4) is 5.75 Å². The maximum absolute atomic E-state index is 5.16. The minimum absolute atomic E-state index is 0.453. The number of hydrogen-bond donors (Lipinski definition) is 1. The van der Waals surface area contributed by atoms with Crippen LogP contribution in [-0.4, -0.2) is 13.2 Å². The van der Waals surface area contributed by atoms with Crippen molar-refractivity contribution in [2.75, 3.05) is 7.11 Å². The first-order valence-electron chi connectivity index (χ1n) is 6.28. The number of benzene rings is 1. The van der Waals surface area contributed by atoms with E-state index in [2.05, 4.69) is 52.4 Å². The number of methoxy groups -OCH3 is 1. The summed E-state index contributed by atoms with van der Waals surface area (Å²) >= 11 is 5.26. The van der Waals surface area contributed by atoms with Crippen LogP contribution in [0.4, 0.5) is 0 Å². The van der Waals surface area contributed by atoms with Crippen LogP contribution in [0.5, 0.6) is 5.75 Å². The Hall–Kier alpha value is -0.840. The third-order valence-electron chi connectivity index (χ3n) is 2.95. The van der Waals surface area contributed by atoms with Crippen molar-refractivity contribution in [2.45, 2.75) is 25.9 Å². The Morgan fingerprint density at radius 2 is 1.95 bits per heavy atom. The Morgan fingerprint density at radius 1 is 1.21 bits per heavy atom. The molecule has 2 rings (SSSR count). The summed E-state index contributed by atoms with van der Waals surface area (Å²) in [4.78, 5) is 1.36. The Labute approximate surface area is 126 Å². The van der Waals surface area contributed by atoms with Gasteiger partial charge in [0.15, 0.2) is 0 Å². The molecule has 1 aromatic heterocycles. The van der Waals surface area contributed by atoms with Crippen LogP contribution in [0.2, 0.25) is 0 Å². The molecule has 0 radical (unpaired) electrons. The predicted octanol–water partition coefficient (Wildman–Crippen LogP) is 4.24. The largest absolute Gasteiger partial charge is 0.497 e. The minimum atomic E-state index is 0.453. The SMILES string of the molecule is COc1ccc(CC(C)NCc2ccc(Br)s2)cc1. The summed E-state index contributed by atoms with van der Waals surface area (Å²) in [5.41, 5.74) is 1.33. The van der Waals surface area contributed by atoms with Gasteiger partial charge in [-0.05, 0) is 59.1 Å². The summed E-state index contributed by atoms with van der Waals surface area (Å²) in [5, 5.41) is 3.55. The van der Waals surface area contributed by atoms with Crippen molar-refractivity contribution in [3.63, 3.8) is 0 Å². The van der Waals surface area contributed by atoms with Gasteiger partial charge in [0.2, 0.25) is 0 Å². The van der Waals surface area contributed by atoms with Crippen molar-refractivity contribution < 1.29 is 4.74 Å². The van der Waals surface area contributed by atoms with E-state index in [4.69, 9.17) is 4.74 Å². The maximum atomic E-state index is 5.16. The third kappa shape index (κ3) is 4.64. The van der Waals surface area contributed by atoms with Crippen LogP contribution in [0.3, 0.4) is 0 Å². The number of halogens is 1. The third-order valence-corrected chi connectivity index (χ3v) is 4.58. The van der Waals surface area contributed by atoms with Gasteiger partial charge in [-0.25, -0.2) is 0 Å². The second-order valence-corrected chi connectivity index (χ2v) is 7.09. The molecule has 0 spiro atoms. The molecule has 102 valence electrons. The number of ether oxygens (including phenoxy) is 1. The Kier molecular flexibility index (Phi) is 5.43. The fraction of sp³-hybridized carbons (Fsp3) is 0.333. The second-order valence-electron chi connectivity index (χ2n) is 4.54. The summed E-state index contributed by atoms with van der Waals surface area (Å²) in [7, 11) is 1.69. The van der Waals surface area contributed by atoms with E-state index in [1.807, 2.05) is 12.1 Å². The van der Waals surface area contributed by atoms with Crippen LogP contribution in [0, 0.1) is 0 Å². The molecule has 0 saturated heterocycles. The van der Waals surface area contributed by atoms with Crippen LogP contribution in [-0.2, 0) is 13.0 Å². The van der Waals surface area contributed by atoms with Crippen LogP contribution < -0.4 is 10.1 Å². The van der Waals surface area contributed by atoms with Gasteiger partial charge < -0.3 is 10.1 Å². The molecule has 0 aliphatic heterocycles. The lowest BCUT2D eigenvalue weighted by atomic mass is 10.1. The summed E-state index contributed by atoms with van der Waals surface area (Å²) in [5.74, 6) is 0.910. The van der Waals surface area contributed by atoms with Crippen molar-refractivity contribution in [3.05, 3.63) is 50.6 Å². The average Bonchev–Trinajstić information content (AvgIpc) is 2.83. The molecule has 1 unspecified atom stereocenters. The molecule has 0 bridgehead atoms. The lowest BCUT2D eigenvalue weighted by Gasteiger charge is -2.13. The van der Waals surface area contributed by atoms with Crippen molar-refractivity contribution in [1.82, 2.24) is 5.32 Å². The van der Waals surface area contributed by atoms with Gasteiger partial charge in [-0.3, -0.25) is 0 Å². The summed E-state index contributed by atoms with van der Waals surface area (Å²) in [6.07, 6.45) is 1.02. The van der Waals surface area contributed by atoms with Gasteiger partial charge in [-0.2, -0.15) is 0 Å². The number of nitrogens with one attached hydrogen (secondary N) is 1. The van der Waals surface area contributed by atoms with Gasteiger partial charge >= 0.3 is 0 Å². The molecule has 2 aromatic rings. The first-order valence-corrected chi connectivity index (χ1v) is 7.89. The molecular weight excluding hydrogens is 322 g/mol. The van der Waals surface area contributed by atoms with Crippen LogP contribution in [0.15, 0.2) is 40.2 Å². The summed E-state index contributed by atoms with van der Waals surface area (Å²) < 4.78 is 6.35. The highest BCUT2D eigenvalue weighted by Crippen LogP contribution is 2.22. The van der Waals surface area contributed by atoms with Gasteiger partial charge in [0.25, 0.3) is 0 Å². The van der Waals surface area contributed by atoms with E-state index in [0.29, 0.717) is 6.04 Å². The normalized spacial score (nSPS) is 12.4. The van der Waals surface area contributed by atoms with E-state index in [1.54, 1.807) is 18.4 Å². The lowest BCUT2D eigenvalue weighted by molar-refractivity contribution is 0.414. The van der Waals surface area contributed by atoms with Gasteiger partial charge in [0, 0.05) is 17.5 Å². The molecule has 1 atom stereocenters. The molecule has 1 aromatic carbocycles. The summed E-state index contributed by atoms with van der Waals surface area (Å²) in [6.45, 7) is 3.14. The van der Waals surface area contributed by atoms with Crippen LogP contribution >= 0.6 is 27.3 Å². The molecule has 0 saturated carbocycles. The van der Waals surface area contributed by atoms with Gasteiger partial charge in [0.05, 0.1) is 10.9 Å². The minimum Gasteiger partial charge on any atom is -0.497 e. The standard InChI is InChI=1S/C15H18BrNOS/c1-11(17-10-14-7-8-15(16)19-14)9-12-3-5-13(18-2)6-4-12/h3-8,11,17H,9-10H2,1-2H3. The zero-order valence-corrected chi connectivity index (χ0v) is 13.6. The molecule has 1 heterocycles. The topological polar surface area (TPSA) is 21.3 Å². The maximum Gasteiger partial charge on any atom is 0.118 e. The van der Waals surface area contributed by atoms with E-state index in [1.165, 1.54) is 14.2 Å². The molecule has 0 amide bonds. The highest BCUT2D eigenvalue weighted by atomic mass is 79.9. The van der Waals surface area contributed by atoms with Crippen LogP contribution in [0.1, 0.15) is 17.4 Å². The average molecular weight is 340 g/mol. The molecule has 4 heteroatoms. The first-order chi connectivity index (χ1) is 9.17. The highest BCUT2D eigenvalue weighted by Gasteiger charge is 2.05. The van der Waals surface area contributed by atoms with Crippen molar-refractivity contribution >= 4 is 27.3 Å². The Morgan fingerprint density at radius 3 is 2.53 bits per heavy atom. The fourth-order valence-electron chi connectivity index (χ4n) is 1.91. The smallest absolute Gasteiger partial charge is 0.118 e. The zero-order chi connectivity index (χ0) is 13.7. The van der Waals surface area contributed by atoms with E-state index in [9.17, 15) is 0 Å². The Balaban J connectivity index is 1.81.